The second-order valence-electron chi connectivity index (χ2n) is 6.34. The standard InChI is InChI=1S/C21H21FNO2S/c22-21-11-9-19(10-12-21)20-13-15-23(16-14-20)26(24,25)17-5-4-8-18-6-2-1-3-7-18/h1-3,5-7,9-12,20H,13-17H2. The Hall–Kier alpha value is -2.16. The maximum absolute atomic E-state index is 13.0. The largest absolute Gasteiger partial charge is 0.215 e. The average molecular weight is 370 g/mol. The van der Waals surface area contributed by atoms with E-state index < -0.39 is 10.0 Å². The van der Waals surface area contributed by atoms with E-state index in [1.807, 2.05) is 30.3 Å². The van der Waals surface area contributed by atoms with E-state index in [4.69, 9.17) is 0 Å². The van der Waals surface area contributed by atoms with Gasteiger partial charge < -0.3 is 0 Å². The van der Waals surface area contributed by atoms with E-state index in [0.717, 1.165) is 24.0 Å². The van der Waals surface area contributed by atoms with Crippen LogP contribution >= 0.6 is 0 Å². The number of nitrogens with zero attached hydrogens (tertiary/aromatic N) is 1. The van der Waals surface area contributed by atoms with Gasteiger partial charge in [-0.25, -0.2) is 17.1 Å². The van der Waals surface area contributed by atoms with Gasteiger partial charge in [-0.05, 0) is 48.6 Å². The lowest BCUT2D eigenvalue weighted by Crippen LogP contribution is -2.39. The molecule has 0 aromatic heterocycles. The van der Waals surface area contributed by atoms with Crippen molar-refractivity contribution in [2.75, 3.05) is 18.8 Å². The molecule has 0 aliphatic carbocycles. The van der Waals surface area contributed by atoms with Crippen LogP contribution in [0.5, 0.6) is 0 Å². The van der Waals surface area contributed by atoms with Crippen molar-refractivity contribution in [1.29, 1.82) is 0 Å². The first-order chi connectivity index (χ1) is 12.5. The summed E-state index contributed by atoms with van der Waals surface area (Å²) in [6.07, 6.45) is 3.01. The molecular formula is C21H21FNO2S. The Kier molecular flexibility index (Phi) is 6.08. The van der Waals surface area contributed by atoms with Crippen molar-refractivity contribution in [2.24, 2.45) is 0 Å². The Balaban J connectivity index is 1.51. The Morgan fingerprint density at radius 1 is 1.04 bits per heavy atom. The highest BCUT2D eigenvalue weighted by molar-refractivity contribution is 7.89. The van der Waals surface area contributed by atoms with E-state index >= 15 is 0 Å². The highest BCUT2D eigenvalue weighted by Gasteiger charge is 2.28. The minimum Gasteiger partial charge on any atom is -0.212 e. The minimum absolute atomic E-state index is 0.0753. The summed E-state index contributed by atoms with van der Waals surface area (Å²) in [7, 11) is -3.33. The summed E-state index contributed by atoms with van der Waals surface area (Å²) in [5.41, 5.74) is 1.94. The van der Waals surface area contributed by atoms with E-state index in [9.17, 15) is 12.8 Å². The molecule has 3 nitrogen and oxygen atoms in total. The van der Waals surface area contributed by atoms with E-state index in [2.05, 4.69) is 11.8 Å². The van der Waals surface area contributed by atoms with Gasteiger partial charge in [0, 0.05) is 18.7 Å². The fourth-order valence-corrected chi connectivity index (χ4v) is 4.38. The molecule has 2 aromatic rings. The Morgan fingerprint density at radius 3 is 2.35 bits per heavy atom. The average Bonchev–Trinajstić information content (AvgIpc) is 2.67. The van der Waals surface area contributed by atoms with Crippen LogP contribution in [0, 0.1) is 24.1 Å². The van der Waals surface area contributed by atoms with Gasteiger partial charge in [0.25, 0.3) is 0 Å². The van der Waals surface area contributed by atoms with Gasteiger partial charge in [0.05, 0.1) is 12.2 Å². The van der Waals surface area contributed by atoms with Crippen LogP contribution < -0.4 is 0 Å². The summed E-state index contributed by atoms with van der Waals surface area (Å²) in [5.74, 6) is 5.71. The van der Waals surface area contributed by atoms with Crippen molar-refractivity contribution in [2.45, 2.75) is 18.8 Å². The number of hydrogen-bond donors (Lipinski definition) is 0. The van der Waals surface area contributed by atoms with Crippen molar-refractivity contribution >= 4 is 10.0 Å². The van der Waals surface area contributed by atoms with E-state index in [1.165, 1.54) is 22.9 Å². The molecule has 3 rings (SSSR count). The van der Waals surface area contributed by atoms with Crippen molar-refractivity contribution in [3.8, 4) is 11.8 Å². The minimum atomic E-state index is -3.33. The molecule has 1 aliphatic rings. The zero-order valence-electron chi connectivity index (χ0n) is 14.4. The molecule has 26 heavy (non-hydrogen) atoms. The zero-order valence-corrected chi connectivity index (χ0v) is 15.3. The molecule has 1 fully saturated rings. The van der Waals surface area contributed by atoms with Crippen molar-refractivity contribution < 1.29 is 12.8 Å². The molecule has 5 heteroatoms. The topological polar surface area (TPSA) is 37.4 Å². The van der Waals surface area contributed by atoms with E-state index in [1.54, 1.807) is 12.1 Å². The van der Waals surface area contributed by atoms with Crippen LogP contribution in [0.1, 0.15) is 29.9 Å². The molecular weight excluding hydrogens is 349 g/mol. The third-order valence-corrected chi connectivity index (χ3v) is 6.31. The summed E-state index contributed by atoms with van der Waals surface area (Å²) >= 11 is 0. The first kappa shape index (κ1) is 18.6. The zero-order chi connectivity index (χ0) is 18.4. The molecule has 0 bridgehead atoms. The van der Waals surface area contributed by atoms with Gasteiger partial charge in [-0.15, -0.1) is 0 Å². The lowest BCUT2D eigenvalue weighted by molar-refractivity contribution is 0.320. The van der Waals surface area contributed by atoms with Gasteiger partial charge in [-0.1, -0.05) is 42.2 Å². The number of piperidine rings is 1. The maximum Gasteiger partial charge on any atom is 0.215 e. The van der Waals surface area contributed by atoms with Crippen LogP contribution in [0.2, 0.25) is 0 Å². The van der Waals surface area contributed by atoms with Gasteiger partial charge in [-0.2, -0.15) is 0 Å². The van der Waals surface area contributed by atoms with Crippen LogP contribution in [0.3, 0.4) is 0 Å². The molecule has 0 amide bonds. The van der Waals surface area contributed by atoms with Crippen LogP contribution in [-0.4, -0.2) is 31.6 Å². The van der Waals surface area contributed by atoms with Gasteiger partial charge in [0.1, 0.15) is 5.82 Å². The number of rotatable bonds is 4. The van der Waals surface area contributed by atoms with Gasteiger partial charge in [0.15, 0.2) is 0 Å². The molecule has 0 saturated carbocycles. The third-order valence-electron chi connectivity index (χ3n) is 4.58. The van der Waals surface area contributed by atoms with Crippen LogP contribution in [-0.2, 0) is 10.0 Å². The molecule has 2 aromatic carbocycles. The van der Waals surface area contributed by atoms with Crippen molar-refractivity contribution in [3.63, 3.8) is 0 Å². The van der Waals surface area contributed by atoms with E-state index in [0.29, 0.717) is 13.1 Å². The molecule has 0 atom stereocenters. The summed E-state index contributed by atoms with van der Waals surface area (Å²) in [6, 6.07) is 16.0. The van der Waals surface area contributed by atoms with Crippen molar-refractivity contribution in [1.82, 2.24) is 4.31 Å². The fourth-order valence-electron chi connectivity index (χ4n) is 3.11. The lowest BCUT2D eigenvalue weighted by atomic mass is 9.90. The number of sulfonamides is 1. The first-order valence-electron chi connectivity index (χ1n) is 8.66. The molecule has 0 spiro atoms. The predicted molar refractivity (Wildman–Crippen MR) is 101 cm³/mol. The van der Waals surface area contributed by atoms with E-state index in [-0.39, 0.29) is 17.5 Å². The summed E-state index contributed by atoms with van der Waals surface area (Å²) in [5, 5.41) is 0. The van der Waals surface area contributed by atoms with Crippen LogP contribution in [0.4, 0.5) is 4.39 Å². The highest BCUT2D eigenvalue weighted by Crippen LogP contribution is 2.29. The maximum atomic E-state index is 13.0. The Bertz CT molecular complexity index is 875. The van der Waals surface area contributed by atoms with Gasteiger partial charge in [-0.3, -0.25) is 0 Å². The molecule has 1 saturated heterocycles. The highest BCUT2D eigenvalue weighted by atomic mass is 32.2. The second-order valence-corrected chi connectivity index (χ2v) is 8.36. The van der Waals surface area contributed by atoms with Crippen LogP contribution in [0.25, 0.3) is 0 Å². The molecule has 1 aliphatic heterocycles. The Morgan fingerprint density at radius 2 is 1.69 bits per heavy atom. The molecule has 1 heterocycles. The third kappa shape index (κ3) is 4.94. The summed E-state index contributed by atoms with van der Waals surface area (Å²) in [6.45, 7) is 0.981. The van der Waals surface area contributed by atoms with Gasteiger partial charge in [0.2, 0.25) is 10.0 Å². The fraction of sp³-hybridized carbons (Fsp3) is 0.286. The number of benzene rings is 2. The summed E-state index contributed by atoms with van der Waals surface area (Å²) < 4.78 is 39.5. The molecule has 135 valence electrons. The second kappa shape index (κ2) is 8.48. The number of halogens is 1. The molecule has 0 N–H and O–H groups in total. The monoisotopic (exact) mass is 370 g/mol. The predicted octanol–water partition coefficient (Wildman–Crippen LogP) is 3.59. The SMILES string of the molecule is O=S(=O)(C[CH]C#Cc1ccccc1)N1CCC(c2ccc(F)cc2)CC1. The lowest BCUT2D eigenvalue weighted by Gasteiger charge is -2.31. The normalized spacial score (nSPS) is 16.0. The smallest absolute Gasteiger partial charge is 0.212 e. The van der Waals surface area contributed by atoms with Crippen LogP contribution in [0.15, 0.2) is 54.6 Å². The summed E-state index contributed by atoms with van der Waals surface area (Å²) in [4.78, 5) is 0. The number of hydrogen-bond acceptors (Lipinski definition) is 2. The van der Waals surface area contributed by atoms with Crippen molar-refractivity contribution in [3.05, 3.63) is 78.0 Å². The quantitative estimate of drug-likeness (QED) is 0.772. The molecule has 1 radical (unpaired) electrons. The molecule has 0 unspecified atom stereocenters. The Labute approximate surface area is 154 Å². The first-order valence-corrected chi connectivity index (χ1v) is 10.3. The van der Waals surface area contributed by atoms with Gasteiger partial charge >= 0.3 is 0 Å².